The van der Waals surface area contributed by atoms with Crippen molar-refractivity contribution in [2.24, 2.45) is 0 Å². The molecule has 7 heteroatoms. The molecule has 0 radical (unpaired) electrons. The number of hydrogen-bond acceptors (Lipinski definition) is 5. The lowest BCUT2D eigenvalue weighted by molar-refractivity contribution is 0.128. The second-order valence-electron chi connectivity index (χ2n) is 7.05. The Morgan fingerprint density at radius 3 is 2.50 bits per heavy atom. The third kappa shape index (κ3) is 4.94. The van der Waals surface area contributed by atoms with Crippen LogP contribution in [0.25, 0.3) is 0 Å². The van der Waals surface area contributed by atoms with E-state index in [-0.39, 0.29) is 12.8 Å². The Morgan fingerprint density at radius 1 is 0.929 bits per heavy atom. The van der Waals surface area contributed by atoms with Crippen molar-refractivity contribution in [3.05, 3.63) is 54.1 Å². The van der Waals surface area contributed by atoms with E-state index in [1.807, 2.05) is 0 Å². The molecule has 0 unspecified atom stereocenters. The van der Waals surface area contributed by atoms with E-state index in [2.05, 4.69) is 50.8 Å². The van der Waals surface area contributed by atoms with Gasteiger partial charge in [-0.05, 0) is 17.7 Å². The van der Waals surface area contributed by atoms with Crippen LogP contribution in [0, 0.1) is 0 Å². The zero-order valence-corrected chi connectivity index (χ0v) is 15.9. The maximum Gasteiger partial charge on any atom is 0.319 e. The van der Waals surface area contributed by atoms with Gasteiger partial charge in [0, 0.05) is 57.6 Å². The number of rotatable bonds is 6. The van der Waals surface area contributed by atoms with Crippen molar-refractivity contribution in [2.45, 2.75) is 6.54 Å². The van der Waals surface area contributed by atoms with Crippen LogP contribution in [0.4, 0.5) is 10.5 Å². The monoisotopic (exact) mass is 382 g/mol. The lowest BCUT2D eigenvalue weighted by Gasteiger charge is -2.34. The zero-order chi connectivity index (χ0) is 19.2. The smallest absolute Gasteiger partial charge is 0.319 e. The number of nitrogens with zero attached hydrogens (tertiary/aromatic N) is 2. The summed E-state index contributed by atoms with van der Waals surface area (Å²) in [5.74, 6) is 1.36. The average Bonchev–Trinajstić information content (AvgIpc) is 3.18. The van der Waals surface area contributed by atoms with E-state index in [1.165, 1.54) is 5.56 Å². The molecule has 4 rings (SSSR count). The predicted octanol–water partition coefficient (Wildman–Crippen LogP) is 2.35. The summed E-state index contributed by atoms with van der Waals surface area (Å²) in [6.45, 7) is 6.87. The Kier molecular flexibility index (Phi) is 5.94. The van der Waals surface area contributed by atoms with Crippen LogP contribution >= 0.6 is 0 Å². The van der Waals surface area contributed by atoms with E-state index in [0.717, 1.165) is 39.3 Å². The number of fused-ring (bicyclic) bond motifs is 1. The highest BCUT2D eigenvalue weighted by molar-refractivity contribution is 5.89. The van der Waals surface area contributed by atoms with Gasteiger partial charge in [-0.25, -0.2) is 4.79 Å². The Bertz CT molecular complexity index is 791. The molecule has 1 fully saturated rings. The van der Waals surface area contributed by atoms with Gasteiger partial charge in [-0.1, -0.05) is 30.3 Å². The summed E-state index contributed by atoms with van der Waals surface area (Å²) in [5.41, 5.74) is 2.05. The Hall–Kier alpha value is -2.77. The van der Waals surface area contributed by atoms with Crippen molar-refractivity contribution in [3.63, 3.8) is 0 Å². The quantitative estimate of drug-likeness (QED) is 0.803. The van der Waals surface area contributed by atoms with E-state index in [0.29, 0.717) is 23.7 Å². The van der Waals surface area contributed by atoms with Crippen molar-refractivity contribution in [2.75, 3.05) is 51.4 Å². The maximum absolute atomic E-state index is 12.1. The second-order valence-corrected chi connectivity index (χ2v) is 7.05. The zero-order valence-electron chi connectivity index (χ0n) is 15.9. The van der Waals surface area contributed by atoms with Gasteiger partial charge in [0.25, 0.3) is 0 Å². The van der Waals surface area contributed by atoms with Crippen LogP contribution in [0.1, 0.15) is 5.56 Å². The first-order valence-electron chi connectivity index (χ1n) is 9.69. The molecule has 7 nitrogen and oxygen atoms in total. The lowest BCUT2D eigenvalue weighted by atomic mass is 10.2. The summed E-state index contributed by atoms with van der Waals surface area (Å²) in [6, 6.07) is 15.8. The molecule has 1 saturated heterocycles. The molecule has 0 aromatic heterocycles. The lowest BCUT2D eigenvalue weighted by Crippen LogP contribution is -2.48. The van der Waals surface area contributed by atoms with Gasteiger partial charge in [-0.2, -0.15) is 0 Å². The first kappa shape index (κ1) is 18.6. The second kappa shape index (κ2) is 8.95. The van der Waals surface area contributed by atoms with Crippen LogP contribution in [0.2, 0.25) is 0 Å². The number of carbonyl (C=O) groups is 1. The largest absolute Gasteiger partial charge is 0.454 e. The summed E-state index contributed by atoms with van der Waals surface area (Å²) in [7, 11) is 0. The molecule has 2 aromatic rings. The number of urea groups is 1. The highest BCUT2D eigenvalue weighted by Gasteiger charge is 2.17. The average molecular weight is 382 g/mol. The third-order valence-electron chi connectivity index (χ3n) is 5.06. The van der Waals surface area contributed by atoms with Crippen LogP contribution in [0.3, 0.4) is 0 Å². The molecule has 148 valence electrons. The van der Waals surface area contributed by atoms with Crippen LogP contribution < -0.4 is 20.1 Å². The van der Waals surface area contributed by atoms with Gasteiger partial charge in [-0.15, -0.1) is 0 Å². The number of benzene rings is 2. The van der Waals surface area contributed by atoms with Crippen molar-refractivity contribution in [3.8, 4) is 11.5 Å². The fourth-order valence-corrected chi connectivity index (χ4v) is 3.49. The SMILES string of the molecule is O=C(NCCN1CCN(Cc2ccccc2)CC1)Nc1ccc2c(c1)OCO2. The Balaban J connectivity index is 1.13. The summed E-state index contributed by atoms with van der Waals surface area (Å²) in [4.78, 5) is 17.0. The number of carbonyl (C=O) groups excluding carboxylic acids is 1. The van der Waals surface area contributed by atoms with E-state index in [9.17, 15) is 4.79 Å². The molecular weight excluding hydrogens is 356 g/mol. The van der Waals surface area contributed by atoms with Gasteiger partial charge in [0.1, 0.15) is 0 Å². The molecule has 2 aromatic carbocycles. The molecule has 2 heterocycles. The number of hydrogen-bond donors (Lipinski definition) is 2. The van der Waals surface area contributed by atoms with Gasteiger partial charge in [0.15, 0.2) is 11.5 Å². The minimum absolute atomic E-state index is 0.207. The van der Waals surface area contributed by atoms with Gasteiger partial charge < -0.3 is 20.1 Å². The Labute approximate surface area is 165 Å². The molecule has 0 saturated carbocycles. The maximum atomic E-state index is 12.1. The van der Waals surface area contributed by atoms with Crippen molar-refractivity contribution in [1.82, 2.24) is 15.1 Å². The minimum Gasteiger partial charge on any atom is -0.454 e. The van der Waals surface area contributed by atoms with Gasteiger partial charge in [-0.3, -0.25) is 9.80 Å². The fourth-order valence-electron chi connectivity index (χ4n) is 3.49. The molecular formula is C21H26N4O3. The number of piperazine rings is 1. The summed E-state index contributed by atoms with van der Waals surface area (Å²) >= 11 is 0. The topological polar surface area (TPSA) is 66.1 Å². The van der Waals surface area contributed by atoms with Gasteiger partial charge in [0.2, 0.25) is 6.79 Å². The molecule has 2 amide bonds. The van der Waals surface area contributed by atoms with E-state index in [4.69, 9.17) is 9.47 Å². The normalized spacial score (nSPS) is 16.7. The molecule has 2 aliphatic rings. The molecule has 0 aliphatic carbocycles. The highest BCUT2D eigenvalue weighted by Crippen LogP contribution is 2.34. The first-order valence-corrected chi connectivity index (χ1v) is 9.69. The van der Waals surface area contributed by atoms with Crippen molar-refractivity contribution >= 4 is 11.7 Å². The molecule has 28 heavy (non-hydrogen) atoms. The molecule has 2 aliphatic heterocycles. The number of ether oxygens (including phenoxy) is 2. The fraction of sp³-hybridized carbons (Fsp3) is 0.381. The van der Waals surface area contributed by atoms with Crippen molar-refractivity contribution < 1.29 is 14.3 Å². The van der Waals surface area contributed by atoms with E-state index in [1.54, 1.807) is 18.2 Å². The first-order chi connectivity index (χ1) is 13.8. The van der Waals surface area contributed by atoms with E-state index < -0.39 is 0 Å². The predicted molar refractivity (Wildman–Crippen MR) is 108 cm³/mol. The van der Waals surface area contributed by atoms with Crippen LogP contribution in [-0.2, 0) is 6.54 Å². The highest BCUT2D eigenvalue weighted by atomic mass is 16.7. The van der Waals surface area contributed by atoms with Crippen LogP contribution in [0.15, 0.2) is 48.5 Å². The minimum atomic E-state index is -0.207. The van der Waals surface area contributed by atoms with E-state index >= 15 is 0 Å². The number of amides is 2. The summed E-state index contributed by atoms with van der Waals surface area (Å²) in [5, 5.41) is 5.75. The summed E-state index contributed by atoms with van der Waals surface area (Å²) in [6.07, 6.45) is 0. The standard InChI is InChI=1S/C21H26N4O3/c26-21(23-18-6-7-19-20(14-18)28-16-27-19)22-8-9-24-10-12-25(13-11-24)15-17-4-2-1-3-5-17/h1-7,14H,8-13,15-16H2,(H2,22,23,26). The summed E-state index contributed by atoms with van der Waals surface area (Å²) < 4.78 is 10.6. The molecule has 0 bridgehead atoms. The molecule has 0 spiro atoms. The van der Waals surface area contributed by atoms with Gasteiger partial charge in [0.05, 0.1) is 0 Å². The van der Waals surface area contributed by atoms with Gasteiger partial charge >= 0.3 is 6.03 Å². The third-order valence-corrected chi connectivity index (χ3v) is 5.06. The number of nitrogens with one attached hydrogen (secondary N) is 2. The Morgan fingerprint density at radius 2 is 1.68 bits per heavy atom. The van der Waals surface area contributed by atoms with Crippen LogP contribution in [-0.4, -0.2) is 61.9 Å². The van der Waals surface area contributed by atoms with Crippen LogP contribution in [0.5, 0.6) is 11.5 Å². The van der Waals surface area contributed by atoms with Crippen molar-refractivity contribution in [1.29, 1.82) is 0 Å². The molecule has 0 atom stereocenters. The number of anilines is 1. The molecule has 2 N–H and O–H groups in total.